The predicted octanol–water partition coefficient (Wildman–Crippen LogP) is 5.61. The van der Waals surface area contributed by atoms with Gasteiger partial charge in [0.25, 0.3) is 5.91 Å². The molecule has 2 heterocycles. The first-order valence-corrected chi connectivity index (χ1v) is 10.7. The molecule has 142 valence electrons. The number of hydrogen-bond acceptors (Lipinski definition) is 3. The van der Waals surface area contributed by atoms with Gasteiger partial charge in [-0.2, -0.15) is 0 Å². The second kappa shape index (κ2) is 7.94. The van der Waals surface area contributed by atoms with Crippen LogP contribution < -0.4 is 0 Å². The van der Waals surface area contributed by atoms with Crippen LogP contribution in [0, 0.1) is 6.92 Å². The maximum absolute atomic E-state index is 12.7. The first-order chi connectivity index (χ1) is 13.6. The number of rotatable bonds is 5. The van der Waals surface area contributed by atoms with Crippen LogP contribution in [0.5, 0.6) is 0 Å². The molecule has 0 aliphatic carbocycles. The minimum absolute atomic E-state index is 0.0206. The van der Waals surface area contributed by atoms with Crippen molar-refractivity contribution < 1.29 is 4.79 Å². The molecule has 1 amide bonds. The number of para-hydroxylation sites is 1. The molecule has 3 aromatic rings. The van der Waals surface area contributed by atoms with Crippen LogP contribution in [-0.2, 0) is 11.3 Å². The van der Waals surface area contributed by atoms with Crippen LogP contribution in [0.4, 0.5) is 0 Å². The average Bonchev–Trinajstić information content (AvgIpc) is 3.17. The molecule has 28 heavy (non-hydrogen) atoms. The fourth-order valence-electron chi connectivity index (χ4n) is 3.47. The zero-order chi connectivity index (χ0) is 19.7. The smallest absolute Gasteiger partial charge is 0.266 e. The molecule has 1 fully saturated rings. The van der Waals surface area contributed by atoms with Gasteiger partial charge in [0, 0.05) is 35.8 Å². The second-order valence-electron chi connectivity index (χ2n) is 7.05. The van der Waals surface area contributed by atoms with E-state index in [2.05, 4.69) is 67.1 Å². The van der Waals surface area contributed by atoms with Crippen molar-refractivity contribution in [3.8, 4) is 0 Å². The number of benzene rings is 2. The van der Waals surface area contributed by atoms with Gasteiger partial charge in [0.1, 0.15) is 4.32 Å². The molecule has 4 rings (SSSR count). The fourth-order valence-corrected chi connectivity index (χ4v) is 4.77. The molecule has 1 aromatic heterocycles. The molecule has 0 N–H and O–H groups in total. The molecule has 0 saturated carbocycles. The molecule has 3 nitrogen and oxygen atoms in total. The van der Waals surface area contributed by atoms with E-state index in [9.17, 15) is 4.79 Å². The highest BCUT2D eigenvalue weighted by Crippen LogP contribution is 2.34. The average molecular weight is 407 g/mol. The van der Waals surface area contributed by atoms with Crippen LogP contribution in [0.3, 0.4) is 0 Å². The number of aromatic nitrogens is 1. The van der Waals surface area contributed by atoms with Crippen LogP contribution in [0.25, 0.3) is 17.0 Å². The quantitative estimate of drug-likeness (QED) is 0.407. The Morgan fingerprint density at radius 1 is 1.11 bits per heavy atom. The van der Waals surface area contributed by atoms with Crippen molar-refractivity contribution in [1.82, 2.24) is 9.47 Å². The van der Waals surface area contributed by atoms with E-state index in [-0.39, 0.29) is 5.91 Å². The summed E-state index contributed by atoms with van der Waals surface area (Å²) in [4.78, 5) is 15.1. The van der Waals surface area contributed by atoms with E-state index < -0.39 is 0 Å². The van der Waals surface area contributed by atoms with Gasteiger partial charge in [-0.05, 0) is 31.1 Å². The fraction of sp³-hybridized carbons (Fsp3) is 0.217. The van der Waals surface area contributed by atoms with Crippen molar-refractivity contribution in [2.24, 2.45) is 0 Å². The van der Waals surface area contributed by atoms with E-state index >= 15 is 0 Å². The molecular formula is C23H22N2OS2. The standard InChI is InChI=1S/C23H22N2OS2/c1-3-12-25-22(26)21(28-23(25)27)13-18-15-24(20-7-5-4-6-19(18)20)14-17-10-8-16(2)9-11-17/h4-11,13,15H,3,12,14H2,1-2H3/b21-13+. The lowest BCUT2D eigenvalue weighted by atomic mass is 10.1. The summed E-state index contributed by atoms with van der Waals surface area (Å²) in [6.07, 6.45) is 5.02. The van der Waals surface area contributed by atoms with Gasteiger partial charge in [0.05, 0.1) is 4.91 Å². The summed E-state index contributed by atoms with van der Waals surface area (Å²) in [5.41, 5.74) is 4.74. The zero-order valence-electron chi connectivity index (χ0n) is 16.0. The number of aryl methyl sites for hydroxylation is 1. The van der Waals surface area contributed by atoms with Gasteiger partial charge in [0.2, 0.25) is 0 Å². The highest BCUT2D eigenvalue weighted by Gasteiger charge is 2.31. The first-order valence-electron chi connectivity index (χ1n) is 9.45. The van der Waals surface area contributed by atoms with Crippen molar-refractivity contribution in [3.05, 3.63) is 76.3 Å². The van der Waals surface area contributed by atoms with Crippen molar-refractivity contribution >= 4 is 51.2 Å². The van der Waals surface area contributed by atoms with E-state index in [0.717, 1.165) is 23.9 Å². The monoisotopic (exact) mass is 406 g/mol. The summed E-state index contributed by atoms with van der Waals surface area (Å²) in [6.45, 7) is 5.63. The van der Waals surface area contributed by atoms with E-state index in [0.29, 0.717) is 15.8 Å². The number of nitrogens with zero attached hydrogens (tertiary/aromatic N) is 2. The van der Waals surface area contributed by atoms with Crippen molar-refractivity contribution in [3.63, 3.8) is 0 Å². The highest BCUT2D eigenvalue weighted by molar-refractivity contribution is 8.26. The Morgan fingerprint density at radius 2 is 1.86 bits per heavy atom. The Balaban J connectivity index is 1.71. The van der Waals surface area contributed by atoms with Gasteiger partial charge in [-0.1, -0.05) is 78.9 Å². The Labute approximate surface area is 175 Å². The van der Waals surface area contributed by atoms with Gasteiger partial charge >= 0.3 is 0 Å². The van der Waals surface area contributed by atoms with Crippen molar-refractivity contribution in [2.45, 2.75) is 26.8 Å². The molecule has 0 atom stereocenters. The predicted molar refractivity (Wildman–Crippen MR) is 122 cm³/mol. The third kappa shape index (κ3) is 3.64. The third-order valence-corrected chi connectivity index (χ3v) is 6.28. The van der Waals surface area contributed by atoms with Gasteiger partial charge in [-0.25, -0.2) is 0 Å². The number of thioether (sulfide) groups is 1. The Morgan fingerprint density at radius 3 is 2.61 bits per heavy atom. The highest BCUT2D eigenvalue weighted by atomic mass is 32.2. The molecule has 1 saturated heterocycles. The van der Waals surface area contributed by atoms with Crippen LogP contribution >= 0.6 is 24.0 Å². The topological polar surface area (TPSA) is 25.2 Å². The van der Waals surface area contributed by atoms with Gasteiger partial charge in [-0.15, -0.1) is 0 Å². The number of carbonyl (C=O) groups excluding carboxylic acids is 1. The minimum atomic E-state index is 0.0206. The summed E-state index contributed by atoms with van der Waals surface area (Å²) in [5, 5.41) is 1.15. The summed E-state index contributed by atoms with van der Waals surface area (Å²) in [7, 11) is 0. The molecule has 0 unspecified atom stereocenters. The minimum Gasteiger partial charge on any atom is -0.342 e. The zero-order valence-corrected chi connectivity index (χ0v) is 17.6. The van der Waals surface area contributed by atoms with Crippen molar-refractivity contribution in [2.75, 3.05) is 6.54 Å². The molecule has 1 aliphatic rings. The van der Waals surface area contributed by atoms with Gasteiger partial charge < -0.3 is 4.57 Å². The van der Waals surface area contributed by atoms with E-state index in [4.69, 9.17) is 12.2 Å². The second-order valence-corrected chi connectivity index (χ2v) is 8.72. The molecule has 0 bridgehead atoms. The number of fused-ring (bicyclic) bond motifs is 1. The Hall–Kier alpha value is -2.37. The maximum atomic E-state index is 12.7. The maximum Gasteiger partial charge on any atom is 0.266 e. The van der Waals surface area contributed by atoms with Gasteiger partial charge in [-0.3, -0.25) is 9.69 Å². The van der Waals surface area contributed by atoms with E-state index in [1.54, 1.807) is 4.90 Å². The normalized spacial score (nSPS) is 15.9. The van der Waals surface area contributed by atoms with Crippen LogP contribution in [-0.4, -0.2) is 26.2 Å². The summed E-state index contributed by atoms with van der Waals surface area (Å²) >= 11 is 6.80. The van der Waals surface area contributed by atoms with Gasteiger partial charge in [0.15, 0.2) is 0 Å². The molecule has 0 radical (unpaired) electrons. The first kappa shape index (κ1) is 19.0. The van der Waals surface area contributed by atoms with Crippen LogP contribution in [0.15, 0.2) is 59.6 Å². The van der Waals surface area contributed by atoms with Crippen molar-refractivity contribution in [1.29, 1.82) is 0 Å². The van der Waals surface area contributed by atoms with Crippen LogP contribution in [0.1, 0.15) is 30.0 Å². The largest absolute Gasteiger partial charge is 0.342 e. The summed E-state index contributed by atoms with van der Waals surface area (Å²) in [5.74, 6) is 0.0206. The summed E-state index contributed by atoms with van der Waals surface area (Å²) in [6, 6.07) is 16.9. The Bertz CT molecular complexity index is 1080. The lowest BCUT2D eigenvalue weighted by Gasteiger charge is -2.11. The van der Waals surface area contributed by atoms with Crippen LogP contribution in [0.2, 0.25) is 0 Å². The summed E-state index contributed by atoms with van der Waals surface area (Å²) < 4.78 is 2.90. The van der Waals surface area contributed by atoms with E-state index in [1.807, 2.05) is 12.1 Å². The number of thiocarbonyl (C=S) groups is 1. The third-order valence-electron chi connectivity index (χ3n) is 4.90. The number of amides is 1. The Kier molecular flexibility index (Phi) is 5.38. The lowest BCUT2D eigenvalue weighted by Crippen LogP contribution is -2.28. The molecular weight excluding hydrogens is 384 g/mol. The molecule has 5 heteroatoms. The van der Waals surface area contributed by atoms with E-state index in [1.165, 1.54) is 28.4 Å². The molecule has 1 aliphatic heterocycles. The SMILES string of the molecule is CCCN1C(=O)/C(=C\c2cn(Cc3ccc(C)cc3)c3ccccc23)SC1=S. The molecule has 0 spiro atoms. The number of carbonyl (C=O) groups is 1. The lowest BCUT2D eigenvalue weighted by molar-refractivity contribution is -0.122. The molecule has 2 aromatic carbocycles. The number of hydrogen-bond donors (Lipinski definition) is 0.